The van der Waals surface area contributed by atoms with E-state index in [9.17, 15) is 23.5 Å². The summed E-state index contributed by atoms with van der Waals surface area (Å²) in [5.41, 5.74) is 7.33. The Balaban J connectivity index is 0.000000459. The minimum atomic E-state index is -1.19. The highest BCUT2D eigenvalue weighted by Gasteiger charge is 2.30. The molecule has 2 aromatic carbocycles. The van der Waals surface area contributed by atoms with Gasteiger partial charge in [-0.2, -0.15) is 0 Å². The highest BCUT2D eigenvalue weighted by atomic mass is 19.2. The summed E-state index contributed by atoms with van der Waals surface area (Å²) < 4.78 is 26.7. The minimum absolute atomic E-state index is 0.0532. The number of carbonyl (C=O) groups excluding carboxylic acids is 1. The number of amides is 1. The van der Waals surface area contributed by atoms with Gasteiger partial charge in [0.05, 0.1) is 11.3 Å². The molecule has 1 amide bonds. The topological polar surface area (TPSA) is 99.4 Å². The molecule has 2 heterocycles. The number of nitrogens with one attached hydrogen (secondary N) is 1. The average molecular weight is 453 g/mol. The van der Waals surface area contributed by atoms with Crippen LogP contribution in [-0.2, 0) is 4.79 Å². The van der Waals surface area contributed by atoms with Gasteiger partial charge < -0.3 is 20.7 Å². The van der Waals surface area contributed by atoms with Gasteiger partial charge in [-0.25, -0.2) is 13.6 Å². The van der Waals surface area contributed by atoms with E-state index in [4.69, 9.17) is 5.73 Å². The summed E-state index contributed by atoms with van der Waals surface area (Å²) >= 11 is 0. The summed E-state index contributed by atoms with van der Waals surface area (Å²) in [5, 5.41) is 10.6. The molecule has 1 aromatic heterocycles. The van der Waals surface area contributed by atoms with Crippen molar-refractivity contribution in [2.45, 2.75) is 38.1 Å². The van der Waals surface area contributed by atoms with E-state index in [1.54, 1.807) is 0 Å². The van der Waals surface area contributed by atoms with Crippen LogP contribution in [0.5, 0.6) is 0 Å². The third-order valence-electron chi connectivity index (χ3n) is 6.07. The van der Waals surface area contributed by atoms with Crippen molar-refractivity contribution in [3.05, 3.63) is 77.1 Å². The maximum absolute atomic E-state index is 13.5. The van der Waals surface area contributed by atoms with Crippen LogP contribution < -0.4 is 5.73 Å². The maximum atomic E-state index is 13.5. The van der Waals surface area contributed by atoms with Gasteiger partial charge in [0.1, 0.15) is 0 Å². The van der Waals surface area contributed by atoms with Crippen LogP contribution in [0, 0.1) is 11.6 Å². The normalized spacial score (nSPS) is 17.9. The number of aliphatic carboxylic acids is 1. The monoisotopic (exact) mass is 453 g/mol. The molecule has 5 rings (SSSR count). The Bertz CT molecular complexity index is 1250. The van der Waals surface area contributed by atoms with Crippen LogP contribution in [0.1, 0.15) is 53.7 Å². The standard InChI is InChI=1S/C21H16F2N2O3.C4H9N/c1-11-9-25(20(26)12-6-7-15(22)16(23)8-12)10-14(21(27)28)19-18(11)13-4-2-3-5-17(13)24-19;5-4-2-1-3-4/h2-8,10-11,24H,9H2,1H3,(H,27,28);4H,1-3,5H2. The van der Waals surface area contributed by atoms with Crippen LogP contribution in [0.2, 0.25) is 0 Å². The second-order valence-corrected chi connectivity index (χ2v) is 8.49. The molecule has 1 aliphatic heterocycles. The fraction of sp³-hybridized carbons (Fsp3) is 0.280. The lowest BCUT2D eigenvalue weighted by molar-refractivity contribution is -0.130. The summed E-state index contributed by atoms with van der Waals surface area (Å²) in [4.78, 5) is 29.2. The van der Waals surface area contributed by atoms with Crippen LogP contribution in [0.25, 0.3) is 16.5 Å². The second-order valence-electron chi connectivity index (χ2n) is 8.49. The molecule has 0 radical (unpaired) electrons. The molecule has 2 aliphatic rings. The molecule has 0 saturated heterocycles. The van der Waals surface area contributed by atoms with Crippen molar-refractivity contribution in [2.75, 3.05) is 6.54 Å². The van der Waals surface area contributed by atoms with E-state index in [0.29, 0.717) is 11.7 Å². The third kappa shape index (κ3) is 4.52. The number of nitrogens with zero attached hydrogens (tertiary/aromatic N) is 1. The average Bonchev–Trinajstić information content (AvgIpc) is 3.08. The number of fused-ring (bicyclic) bond motifs is 3. The number of para-hydroxylation sites is 1. The van der Waals surface area contributed by atoms with E-state index in [-0.39, 0.29) is 23.6 Å². The van der Waals surface area contributed by atoms with Crippen molar-refractivity contribution < 1.29 is 23.5 Å². The van der Waals surface area contributed by atoms with E-state index < -0.39 is 23.5 Å². The molecular weight excluding hydrogens is 428 g/mol. The zero-order chi connectivity index (χ0) is 23.7. The minimum Gasteiger partial charge on any atom is -0.478 e. The number of halogens is 2. The summed E-state index contributed by atoms with van der Waals surface area (Å²) in [5.74, 6) is -4.16. The van der Waals surface area contributed by atoms with Crippen molar-refractivity contribution in [3.8, 4) is 0 Å². The number of aromatic nitrogens is 1. The van der Waals surface area contributed by atoms with Gasteiger partial charge in [0, 0.05) is 41.2 Å². The highest BCUT2D eigenvalue weighted by Crippen LogP contribution is 2.36. The first-order valence-electron chi connectivity index (χ1n) is 10.8. The number of carboxylic acid groups (broad SMARTS) is 1. The molecule has 1 atom stereocenters. The first kappa shape index (κ1) is 22.7. The zero-order valence-corrected chi connectivity index (χ0v) is 18.1. The Morgan fingerprint density at radius 3 is 2.42 bits per heavy atom. The van der Waals surface area contributed by atoms with Gasteiger partial charge in [-0.05, 0) is 42.7 Å². The zero-order valence-electron chi connectivity index (χ0n) is 18.1. The number of aromatic amines is 1. The molecule has 1 aliphatic carbocycles. The van der Waals surface area contributed by atoms with E-state index in [1.165, 1.54) is 36.4 Å². The third-order valence-corrected chi connectivity index (χ3v) is 6.07. The number of hydrogen-bond acceptors (Lipinski definition) is 3. The second kappa shape index (κ2) is 9.15. The molecule has 3 aromatic rings. The van der Waals surface area contributed by atoms with Crippen molar-refractivity contribution >= 4 is 28.4 Å². The molecule has 1 fully saturated rings. The van der Waals surface area contributed by atoms with Crippen LogP contribution in [0.3, 0.4) is 0 Å². The Hall–Kier alpha value is -3.52. The quantitative estimate of drug-likeness (QED) is 0.527. The van der Waals surface area contributed by atoms with Crippen molar-refractivity contribution in [1.82, 2.24) is 9.88 Å². The number of carbonyl (C=O) groups is 2. The first-order chi connectivity index (χ1) is 15.8. The Labute approximate surface area is 189 Å². The lowest BCUT2D eigenvalue weighted by atomic mass is 9.95. The fourth-order valence-corrected chi connectivity index (χ4v) is 4.09. The van der Waals surface area contributed by atoms with Crippen molar-refractivity contribution in [3.63, 3.8) is 0 Å². The highest BCUT2D eigenvalue weighted by molar-refractivity contribution is 6.17. The molecule has 1 saturated carbocycles. The number of carboxylic acids is 1. The number of rotatable bonds is 2. The van der Waals surface area contributed by atoms with Crippen LogP contribution in [0.15, 0.2) is 48.7 Å². The van der Waals surface area contributed by atoms with E-state index in [1.807, 2.05) is 31.2 Å². The van der Waals surface area contributed by atoms with Crippen molar-refractivity contribution in [2.24, 2.45) is 5.73 Å². The predicted molar refractivity (Wildman–Crippen MR) is 122 cm³/mol. The molecule has 33 heavy (non-hydrogen) atoms. The molecule has 0 spiro atoms. The van der Waals surface area contributed by atoms with Crippen LogP contribution in [0.4, 0.5) is 8.78 Å². The number of H-pyrrole nitrogens is 1. The van der Waals surface area contributed by atoms with Gasteiger partial charge in [0.2, 0.25) is 0 Å². The van der Waals surface area contributed by atoms with Crippen LogP contribution >= 0.6 is 0 Å². The van der Waals surface area contributed by atoms with Gasteiger partial charge in [0.25, 0.3) is 5.91 Å². The number of hydrogen-bond donors (Lipinski definition) is 3. The smallest absolute Gasteiger partial charge is 0.339 e. The van der Waals surface area contributed by atoms with Gasteiger partial charge in [0.15, 0.2) is 11.6 Å². The Morgan fingerprint density at radius 1 is 1.12 bits per heavy atom. The number of nitrogens with two attached hydrogens (primary N) is 1. The lowest BCUT2D eigenvalue weighted by Crippen LogP contribution is -2.29. The lowest BCUT2D eigenvalue weighted by Gasteiger charge is -2.21. The van der Waals surface area contributed by atoms with E-state index in [0.717, 1.165) is 28.6 Å². The largest absolute Gasteiger partial charge is 0.478 e. The summed E-state index contributed by atoms with van der Waals surface area (Å²) in [7, 11) is 0. The Morgan fingerprint density at radius 2 is 1.82 bits per heavy atom. The summed E-state index contributed by atoms with van der Waals surface area (Å²) in [6.07, 6.45) is 5.14. The molecule has 0 bridgehead atoms. The fourth-order valence-electron chi connectivity index (χ4n) is 4.09. The SMILES string of the molecule is CC1CN(C(=O)c2ccc(F)c(F)c2)C=C(C(=O)O)c2[nH]c3ccccc3c21.NC1CCC1. The summed E-state index contributed by atoms with van der Waals surface area (Å²) in [6.45, 7) is 2.09. The predicted octanol–water partition coefficient (Wildman–Crippen LogP) is 4.63. The molecular formula is C25H25F2N3O3. The summed E-state index contributed by atoms with van der Waals surface area (Å²) in [6, 6.07) is 10.9. The first-order valence-corrected chi connectivity index (χ1v) is 10.8. The van der Waals surface area contributed by atoms with Gasteiger partial charge >= 0.3 is 5.97 Å². The molecule has 4 N–H and O–H groups in total. The van der Waals surface area contributed by atoms with E-state index in [2.05, 4.69) is 4.98 Å². The Kier molecular flexibility index (Phi) is 6.29. The molecule has 8 heteroatoms. The van der Waals surface area contributed by atoms with Gasteiger partial charge in [-0.3, -0.25) is 4.79 Å². The van der Waals surface area contributed by atoms with Crippen molar-refractivity contribution in [1.29, 1.82) is 0 Å². The van der Waals surface area contributed by atoms with E-state index >= 15 is 0 Å². The van der Waals surface area contributed by atoms with Gasteiger partial charge in [-0.15, -0.1) is 0 Å². The molecule has 1 unspecified atom stereocenters. The van der Waals surface area contributed by atoms with Gasteiger partial charge in [-0.1, -0.05) is 31.5 Å². The molecule has 6 nitrogen and oxygen atoms in total. The molecule has 172 valence electrons. The number of benzene rings is 2. The van der Waals surface area contributed by atoms with Crippen LogP contribution in [-0.4, -0.2) is 39.5 Å². The maximum Gasteiger partial charge on any atom is 0.339 e.